The second-order valence-corrected chi connectivity index (χ2v) is 4.57. The quantitative estimate of drug-likeness (QED) is 0.724. The molecule has 2 rings (SSSR count). The van der Waals surface area contributed by atoms with Gasteiger partial charge in [0.2, 0.25) is 0 Å². The van der Waals surface area contributed by atoms with Crippen LogP contribution in [0.25, 0.3) is 0 Å². The molecule has 1 aliphatic rings. The molecule has 0 saturated heterocycles. The summed E-state index contributed by atoms with van der Waals surface area (Å²) in [6.07, 6.45) is 0.191. The Morgan fingerprint density at radius 3 is 3.00 bits per heavy atom. The highest BCUT2D eigenvalue weighted by Crippen LogP contribution is 2.39. The molecular formula is C10H13BrN2O. The third kappa shape index (κ3) is 1.54. The summed E-state index contributed by atoms with van der Waals surface area (Å²) in [5.41, 5.74) is 7.62. The maximum Gasteiger partial charge on any atom is 0.166 e. The van der Waals surface area contributed by atoms with Crippen LogP contribution < -0.4 is 15.4 Å². The minimum Gasteiger partial charge on any atom is -0.485 e. The van der Waals surface area contributed by atoms with E-state index in [1.54, 1.807) is 0 Å². The normalized spacial score (nSPS) is 20.2. The van der Waals surface area contributed by atoms with Gasteiger partial charge in [0, 0.05) is 11.5 Å². The molecule has 1 unspecified atom stereocenters. The SMILES string of the molecule is CC1CN(C)c2cc(Br)cc(N)c2O1. The molecule has 76 valence electrons. The molecule has 2 N–H and O–H groups in total. The third-order valence-corrected chi connectivity index (χ3v) is 2.78. The highest BCUT2D eigenvalue weighted by Gasteiger charge is 2.22. The van der Waals surface area contributed by atoms with Gasteiger partial charge in [-0.3, -0.25) is 0 Å². The van der Waals surface area contributed by atoms with Crippen molar-refractivity contribution in [2.45, 2.75) is 13.0 Å². The van der Waals surface area contributed by atoms with Crippen molar-refractivity contribution in [3.63, 3.8) is 0 Å². The molecule has 0 aliphatic carbocycles. The minimum absolute atomic E-state index is 0.191. The Hall–Kier alpha value is -0.900. The van der Waals surface area contributed by atoms with Crippen molar-refractivity contribution >= 4 is 27.3 Å². The van der Waals surface area contributed by atoms with E-state index >= 15 is 0 Å². The van der Waals surface area contributed by atoms with E-state index in [1.807, 2.05) is 26.1 Å². The van der Waals surface area contributed by atoms with Gasteiger partial charge in [-0.2, -0.15) is 0 Å². The Kier molecular flexibility index (Phi) is 2.31. The number of hydrogen-bond acceptors (Lipinski definition) is 3. The van der Waals surface area contributed by atoms with E-state index in [0.717, 1.165) is 22.5 Å². The summed E-state index contributed by atoms with van der Waals surface area (Å²) in [4.78, 5) is 2.16. The molecule has 1 aromatic carbocycles. The smallest absolute Gasteiger partial charge is 0.166 e. The fourth-order valence-electron chi connectivity index (χ4n) is 1.73. The van der Waals surface area contributed by atoms with Crippen molar-refractivity contribution < 1.29 is 4.74 Å². The molecule has 0 bridgehead atoms. The Morgan fingerprint density at radius 1 is 1.57 bits per heavy atom. The van der Waals surface area contributed by atoms with Crippen LogP contribution in [0.2, 0.25) is 0 Å². The maximum absolute atomic E-state index is 5.88. The van der Waals surface area contributed by atoms with E-state index in [0.29, 0.717) is 5.69 Å². The summed E-state index contributed by atoms with van der Waals surface area (Å²) < 4.78 is 6.69. The van der Waals surface area contributed by atoms with E-state index in [1.165, 1.54) is 0 Å². The summed E-state index contributed by atoms with van der Waals surface area (Å²) in [7, 11) is 2.05. The standard InChI is InChI=1S/C10H13BrN2O/c1-6-5-13(2)9-4-7(11)3-8(12)10(9)14-6/h3-4,6H,5,12H2,1-2H3. The lowest BCUT2D eigenvalue weighted by Crippen LogP contribution is -2.35. The van der Waals surface area contributed by atoms with E-state index < -0.39 is 0 Å². The lowest BCUT2D eigenvalue weighted by Gasteiger charge is -2.33. The minimum atomic E-state index is 0.191. The van der Waals surface area contributed by atoms with E-state index in [-0.39, 0.29) is 6.10 Å². The number of benzene rings is 1. The van der Waals surface area contributed by atoms with Crippen LogP contribution in [0, 0.1) is 0 Å². The molecule has 0 spiro atoms. The van der Waals surface area contributed by atoms with Gasteiger partial charge in [0.05, 0.1) is 17.9 Å². The Balaban J connectivity index is 2.53. The average molecular weight is 257 g/mol. The number of nitrogens with zero attached hydrogens (tertiary/aromatic N) is 1. The van der Waals surface area contributed by atoms with Crippen LogP contribution in [-0.4, -0.2) is 19.7 Å². The van der Waals surface area contributed by atoms with E-state index in [2.05, 4.69) is 20.8 Å². The molecule has 14 heavy (non-hydrogen) atoms. The molecule has 0 saturated carbocycles. The summed E-state index contributed by atoms with van der Waals surface area (Å²) in [5.74, 6) is 0.800. The first kappa shape index (κ1) is 9.65. The molecule has 0 amide bonds. The second-order valence-electron chi connectivity index (χ2n) is 3.65. The van der Waals surface area contributed by atoms with Crippen LogP contribution in [0.4, 0.5) is 11.4 Å². The van der Waals surface area contributed by atoms with Crippen molar-refractivity contribution in [1.29, 1.82) is 0 Å². The maximum atomic E-state index is 5.88. The molecule has 0 aromatic heterocycles. The summed E-state index contributed by atoms with van der Waals surface area (Å²) >= 11 is 3.42. The summed E-state index contributed by atoms with van der Waals surface area (Å²) in [5, 5.41) is 0. The lowest BCUT2D eigenvalue weighted by atomic mass is 10.2. The van der Waals surface area contributed by atoms with Crippen LogP contribution in [0.1, 0.15) is 6.92 Å². The highest BCUT2D eigenvalue weighted by atomic mass is 79.9. The van der Waals surface area contributed by atoms with Gasteiger partial charge in [-0.1, -0.05) is 15.9 Å². The van der Waals surface area contributed by atoms with Crippen LogP contribution >= 0.6 is 15.9 Å². The molecule has 1 heterocycles. The van der Waals surface area contributed by atoms with Gasteiger partial charge in [0.25, 0.3) is 0 Å². The number of hydrogen-bond donors (Lipinski definition) is 1. The zero-order valence-corrected chi connectivity index (χ0v) is 9.84. The lowest BCUT2D eigenvalue weighted by molar-refractivity contribution is 0.217. The monoisotopic (exact) mass is 256 g/mol. The van der Waals surface area contributed by atoms with Crippen LogP contribution in [0.3, 0.4) is 0 Å². The molecule has 0 fully saturated rings. The Morgan fingerprint density at radius 2 is 2.29 bits per heavy atom. The summed E-state index contributed by atoms with van der Waals surface area (Å²) in [6.45, 7) is 2.93. The number of likely N-dealkylation sites (N-methyl/N-ethyl adjacent to an activating group) is 1. The van der Waals surface area contributed by atoms with Gasteiger partial charge in [-0.15, -0.1) is 0 Å². The first-order valence-electron chi connectivity index (χ1n) is 4.54. The van der Waals surface area contributed by atoms with Crippen LogP contribution in [0.5, 0.6) is 5.75 Å². The molecule has 1 aliphatic heterocycles. The van der Waals surface area contributed by atoms with E-state index in [9.17, 15) is 0 Å². The molecule has 1 atom stereocenters. The van der Waals surface area contributed by atoms with Crippen molar-refractivity contribution in [1.82, 2.24) is 0 Å². The van der Waals surface area contributed by atoms with Crippen molar-refractivity contribution in [2.75, 3.05) is 24.2 Å². The number of nitrogens with two attached hydrogens (primary N) is 1. The molecule has 0 radical (unpaired) electrons. The zero-order valence-electron chi connectivity index (χ0n) is 8.25. The number of ether oxygens (including phenoxy) is 1. The van der Waals surface area contributed by atoms with E-state index in [4.69, 9.17) is 10.5 Å². The van der Waals surface area contributed by atoms with Gasteiger partial charge in [-0.25, -0.2) is 0 Å². The van der Waals surface area contributed by atoms with Crippen molar-refractivity contribution in [3.05, 3.63) is 16.6 Å². The highest BCUT2D eigenvalue weighted by molar-refractivity contribution is 9.10. The van der Waals surface area contributed by atoms with Gasteiger partial charge in [-0.05, 0) is 19.1 Å². The molecule has 1 aromatic rings. The Bertz CT molecular complexity index is 367. The predicted molar refractivity (Wildman–Crippen MR) is 61.9 cm³/mol. The van der Waals surface area contributed by atoms with Gasteiger partial charge in [0.1, 0.15) is 6.10 Å². The van der Waals surface area contributed by atoms with Crippen LogP contribution in [-0.2, 0) is 0 Å². The number of nitrogen functional groups attached to an aromatic ring is 1. The number of rotatable bonds is 0. The second kappa shape index (κ2) is 3.35. The van der Waals surface area contributed by atoms with Gasteiger partial charge >= 0.3 is 0 Å². The number of halogens is 1. The summed E-state index contributed by atoms with van der Waals surface area (Å²) in [6, 6.07) is 3.89. The first-order chi connectivity index (χ1) is 6.58. The van der Waals surface area contributed by atoms with Gasteiger partial charge < -0.3 is 15.4 Å². The third-order valence-electron chi connectivity index (χ3n) is 2.32. The topological polar surface area (TPSA) is 38.5 Å². The zero-order chi connectivity index (χ0) is 10.3. The van der Waals surface area contributed by atoms with Crippen molar-refractivity contribution in [3.8, 4) is 5.75 Å². The first-order valence-corrected chi connectivity index (χ1v) is 5.34. The molecule has 4 heteroatoms. The fourth-order valence-corrected chi connectivity index (χ4v) is 2.20. The van der Waals surface area contributed by atoms with Crippen molar-refractivity contribution in [2.24, 2.45) is 0 Å². The fraction of sp³-hybridized carbons (Fsp3) is 0.400. The Labute approximate surface area is 92.0 Å². The molecular weight excluding hydrogens is 244 g/mol. The number of anilines is 2. The average Bonchev–Trinajstić information content (AvgIpc) is 2.07. The number of fused-ring (bicyclic) bond motifs is 1. The predicted octanol–water partition coefficient (Wildman–Crippen LogP) is 2.25. The molecule has 3 nitrogen and oxygen atoms in total. The van der Waals surface area contributed by atoms with Crippen LogP contribution in [0.15, 0.2) is 16.6 Å². The largest absolute Gasteiger partial charge is 0.485 e. The van der Waals surface area contributed by atoms with Gasteiger partial charge in [0.15, 0.2) is 5.75 Å².